The largest absolute Gasteiger partial charge is 0.447 e. The predicted molar refractivity (Wildman–Crippen MR) is 50.9 cm³/mol. The predicted octanol–water partition coefficient (Wildman–Crippen LogP) is 1.18. The van der Waals surface area contributed by atoms with Crippen molar-refractivity contribution in [1.29, 1.82) is 0 Å². The highest BCUT2D eigenvalue weighted by Crippen LogP contribution is 2.29. The fourth-order valence-electron chi connectivity index (χ4n) is 1.88. The lowest BCUT2D eigenvalue weighted by Crippen LogP contribution is -2.17. The molecular weight excluding hydrogens is 180 g/mol. The molecule has 76 valence electrons. The monoisotopic (exact) mass is 194 g/mol. The summed E-state index contributed by atoms with van der Waals surface area (Å²) >= 11 is 0. The van der Waals surface area contributed by atoms with Gasteiger partial charge >= 0.3 is 0 Å². The maximum Gasteiger partial charge on any atom is 0.211 e. The minimum absolute atomic E-state index is 0.301. The minimum Gasteiger partial charge on any atom is -0.447 e. The van der Waals surface area contributed by atoms with Crippen molar-refractivity contribution in [3.8, 4) is 0 Å². The molecule has 14 heavy (non-hydrogen) atoms. The molecular formula is C10H14N2O2. The molecule has 1 aromatic heterocycles. The Hall–Kier alpha value is -1.16. The van der Waals surface area contributed by atoms with Crippen molar-refractivity contribution in [3.05, 3.63) is 17.8 Å². The van der Waals surface area contributed by atoms with E-state index in [9.17, 15) is 4.79 Å². The van der Waals surface area contributed by atoms with Gasteiger partial charge in [-0.1, -0.05) is 0 Å². The molecule has 1 aliphatic heterocycles. The minimum atomic E-state index is 0.301. The van der Waals surface area contributed by atoms with Crippen LogP contribution in [-0.4, -0.2) is 29.8 Å². The Morgan fingerprint density at radius 3 is 3.29 bits per heavy atom. The molecule has 0 N–H and O–H groups in total. The average molecular weight is 194 g/mol. The molecule has 1 aliphatic rings. The first-order valence-corrected chi connectivity index (χ1v) is 4.89. The van der Waals surface area contributed by atoms with Crippen LogP contribution in [0.15, 0.2) is 10.7 Å². The lowest BCUT2D eigenvalue weighted by Gasteiger charge is -2.14. The molecule has 1 atom stereocenters. The molecule has 0 bridgehead atoms. The summed E-state index contributed by atoms with van der Waals surface area (Å²) in [5.41, 5.74) is 0.732. The molecule has 1 saturated heterocycles. The summed E-state index contributed by atoms with van der Waals surface area (Å²) in [6.45, 7) is 1.09. The van der Waals surface area contributed by atoms with E-state index in [2.05, 4.69) is 16.9 Å². The summed E-state index contributed by atoms with van der Waals surface area (Å²) in [4.78, 5) is 16.8. The van der Waals surface area contributed by atoms with Gasteiger partial charge in [0.25, 0.3) is 0 Å². The van der Waals surface area contributed by atoms with E-state index in [1.54, 1.807) is 6.26 Å². The SMILES string of the molecule is CN1CCCC1c1nc(CC=O)co1. The van der Waals surface area contributed by atoms with Crippen molar-refractivity contribution in [3.63, 3.8) is 0 Å². The van der Waals surface area contributed by atoms with E-state index >= 15 is 0 Å². The Balaban J connectivity index is 2.11. The summed E-state index contributed by atoms with van der Waals surface area (Å²) in [5.74, 6) is 0.752. The number of rotatable bonds is 3. The van der Waals surface area contributed by atoms with Crippen molar-refractivity contribution in [1.82, 2.24) is 9.88 Å². The fourth-order valence-corrected chi connectivity index (χ4v) is 1.88. The van der Waals surface area contributed by atoms with Crippen LogP contribution in [0.1, 0.15) is 30.5 Å². The molecule has 2 rings (SSSR count). The number of aldehydes is 1. The van der Waals surface area contributed by atoms with E-state index in [1.165, 1.54) is 6.42 Å². The van der Waals surface area contributed by atoms with Gasteiger partial charge in [-0.05, 0) is 26.4 Å². The molecule has 0 aromatic carbocycles. The van der Waals surface area contributed by atoms with Gasteiger partial charge < -0.3 is 9.21 Å². The zero-order valence-electron chi connectivity index (χ0n) is 8.27. The molecule has 4 heteroatoms. The molecule has 0 saturated carbocycles. The van der Waals surface area contributed by atoms with Gasteiger partial charge in [-0.2, -0.15) is 0 Å². The van der Waals surface area contributed by atoms with Crippen molar-refractivity contribution in [2.75, 3.05) is 13.6 Å². The Labute approximate surface area is 82.9 Å². The van der Waals surface area contributed by atoms with E-state index < -0.39 is 0 Å². The summed E-state index contributed by atoms with van der Waals surface area (Å²) in [6.07, 6.45) is 5.06. The van der Waals surface area contributed by atoms with Gasteiger partial charge in [0.05, 0.1) is 11.7 Å². The third kappa shape index (κ3) is 1.70. The first kappa shape index (κ1) is 9.40. The average Bonchev–Trinajstić information content (AvgIpc) is 2.74. The van der Waals surface area contributed by atoms with Crippen LogP contribution in [0.25, 0.3) is 0 Å². The first-order valence-electron chi connectivity index (χ1n) is 4.89. The lowest BCUT2D eigenvalue weighted by molar-refractivity contribution is -0.107. The van der Waals surface area contributed by atoms with Gasteiger partial charge in [-0.25, -0.2) is 4.98 Å². The van der Waals surface area contributed by atoms with Crippen LogP contribution in [0, 0.1) is 0 Å². The summed E-state index contributed by atoms with van der Waals surface area (Å²) in [7, 11) is 2.07. The maximum absolute atomic E-state index is 10.3. The second-order valence-electron chi connectivity index (χ2n) is 3.69. The highest BCUT2D eigenvalue weighted by Gasteiger charge is 2.26. The smallest absolute Gasteiger partial charge is 0.211 e. The lowest BCUT2D eigenvalue weighted by atomic mass is 10.2. The standard InChI is InChI=1S/C10H14N2O2/c1-12-5-2-3-9(12)10-11-8(4-6-13)7-14-10/h6-7,9H,2-5H2,1H3. The Morgan fingerprint density at radius 1 is 1.79 bits per heavy atom. The van der Waals surface area contributed by atoms with Crippen LogP contribution in [0.2, 0.25) is 0 Å². The zero-order chi connectivity index (χ0) is 9.97. The van der Waals surface area contributed by atoms with Crippen LogP contribution in [-0.2, 0) is 11.2 Å². The van der Waals surface area contributed by atoms with Crippen molar-refractivity contribution in [2.24, 2.45) is 0 Å². The molecule has 4 nitrogen and oxygen atoms in total. The van der Waals surface area contributed by atoms with Crippen LogP contribution >= 0.6 is 0 Å². The molecule has 1 aromatic rings. The number of nitrogens with zero attached hydrogens (tertiary/aromatic N) is 2. The number of oxazole rings is 1. The summed E-state index contributed by atoms with van der Waals surface area (Å²) in [6, 6.07) is 0.301. The van der Waals surface area contributed by atoms with Crippen LogP contribution in [0.5, 0.6) is 0 Å². The van der Waals surface area contributed by atoms with E-state index in [4.69, 9.17) is 4.42 Å². The molecule has 0 aliphatic carbocycles. The topological polar surface area (TPSA) is 46.3 Å². The molecule has 1 fully saturated rings. The van der Waals surface area contributed by atoms with Crippen molar-refractivity contribution in [2.45, 2.75) is 25.3 Å². The highest BCUT2D eigenvalue weighted by atomic mass is 16.3. The Morgan fingerprint density at radius 2 is 2.64 bits per heavy atom. The quantitative estimate of drug-likeness (QED) is 0.678. The van der Waals surface area contributed by atoms with Crippen LogP contribution < -0.4 is 0 Å². The third-order valence-corrected chi connectivity index (χ3v) is 2.67. The van der Waals surface area contributed by atoms with Crippen molar-refractivity contribution < 1.29 is 9.21 Å². The van der Waals surface area contributed by atoms with Gasteiger partial charge in [0.1, 0.15) is 12.5 Å². The first-order chi connectivity index (χ1) is 6.81. The highest BCUT2D eigenvalue weighted by molar-refractivity contribution is 5.53. The third-order valence-electron chi connectivity index (χ3n) is 2.67. The number of hydrogen-bond donors (Lipinski definition) is 0. The maximum atomic E-state index is 10.3. The molecule has 1 unspecified atom stereocenters. The molecule has 2 heterocycles. The van der Waals surface area contributed by atoms with E-state index in [1.807, 2.05) is 0 Å². The Bertz CT molecular complexity index is 322. The normalized spacial score (nSPS) is 22.8. The second-order valence-corrected chi connectivity index (χ2v) is 3.69. The fraction of sp³-hybridized carbons (Fsp3) is 0.600. The molecule has 0 amide bonds. The van der Waals surface area contributed by atoms with Gasteiger partial charge in [0, 0.05) is 6.42 Å². The van der Waals surface area contributed by atoms with Gasteiger partial charge in [0.2, 0.25) is 5.89 Å². The Kier molecular flexibility index (Phi) is 2.63. The second kappa shape index (κ2) is 3.92. The number of carbonyl (C=O) groups is 1. The molecule has 0 spiro atoms. The number of carbonyl (C=O) groups excluding carboxylic acids is 1. The van der Waals surface area contributed by atoms with Gasteiger partial charge in [-0.15, -0.1) is 0 Å². The summed E-state index contributed by atoms with van der Waals surface area (Å²) < 4.78 is 5.36. The van der Waals surface area contributed by atoms with Gasteiger partial charge in [-0.3, -0.25) is 4.90 Å². The number of likely N-dealkylation sites (tertiary alicyclic amines) is 1. The van der Waals surface area contributed by atoms with Crippen molar-refractivity contribution >= 4 is 6.29 Å². The number of hydrogen-bond acceptors (Lipinski definition) is 4. The number of aromatic nitrogens is 1. The van der Waals surface area contributed by atoms with E-state index in [0.717, 1.165) is 30.8 Å². The molecule has 0 radical (unpaired) electrons. The van der Waals surface area contributed by atoms with Crippen LogP contribution in [0.3, 0.4) is 0 Å². The zero-order valence-corrected chi connectivity index (χ0v) is 8.27. The van der Waals surface area contributed by atoms with E-state index in [0.29, 0.717) is 12.5 Å². The van der Waals surface area contributed by atoms with Crippen LogP contribution in [0.4, 0.5) is 0 Å². The van der Waals surface area contributed by atoms with E-state index in [-0.39, 0.29) is 0 Å². The van der Waals surface area contributed by atoms with Gasteiger partial charge in [0.15, 0.2) is 0 Å². The summed E-state index contributed by atoms with van der Waals surface area (Å²) in [5, 5.41) is 0.